The van der Waals surface area contributed by atoms with Gasteiger partial charge in [-0.2, -0.15) is 0 Å². The first-order chi connectivity index (χ1) is 14.8. The van der Waals surface area contributed by atoms with Crippen molar-refractivity contribution in [3.05, 3.63) is 29.3 Å². The molecule has 0 radical (unpaired) electrons. The fraction of sp³-hybridized carbons (Fsp3) is 0.741. The molecule has 0 aromatic heterocycles. The van der Waals surface area contributed by atoms with Crippen LogP contribution < -0.4 is 5.73 Å². The van der Waals surface area contributed by atoms with Gasteiger partial charge in [0.1, 0.15) is 0 Å². The largest absolute Gasteiger partial charge is 0.462 e. The number of nitrogen functional groups attached to an aromatic ring is 1. The lowest BCUT2D eigenvalue weighted by Crippen LogP contribution is -2.12. The van der Waals surface area contributed by atoms with Crippen LogP contribution in [0.5, 0.6) is 0 Å². The minimum absolute atomic E-state index is 0.316. The number of anilines is 1. The van der Waals surface area contributed by atoms with Crippen LogP contribution in [0.15, 0.2) is 18.2 Å². The summed E-state index contributed by atoms with van der Waals surface area (Å²) >= 11 is 3.56. The number of alkyl halides is 1. The van der Waals surface area contributed by atoms with Crippen LogP contribution in [0.1, 0.15) is 127 Å². The molecule has 0 saturated heterocycles. The van der Waals surface area contributed by atoms with E-state index in [1.807, 2.05) is 13.0 Å². The number of carbonyl (C=O) groups excluding carboxylic acids is 1. The maximum absolute atomic E-state index is 12.2. The fourth-order valence-electron chi connectivity index (χ4n) is 4.21. The van der Waals surface area contributed by atoms with Gasteiger partial charge in [-0.05, 0) is 55.6 Å². The molecule has 0 aliphatic rings. The van der Waals surface area contributed by atoms with E-state index in [2.05, 4.69) is 42.8 Å². The second kappa shape index (κ2) is 15.7. The van der Waals surface area contributed by atoms with E-state index in [1.165, 1.54) is 57.8 Å². The molecule has 1 aromatic carbocycles. The van der Waals surface area contributed by atoms with E-state index in [-0.39, 0.29) is 5.97 Å². The predicted molar refractivity (Wildman–Crippen MR) is 138 cm³/mol. The molecule has 0 spiro atoms. The minimum atomic E-state index is -0.316. The summed E-state index contributed by atoms with van der Waals surface area (Å²) in [5, 5.41) is 0.996. The first-order valence-electron chi connectivity index (χ1n) is 12.4. The molecule has 178 valence electrons. The van der Waals surface area contributed by atoms with Crippen molar-refractivity contribution in [2.75, 3.05) is 17.7 Å². The van der Waals surface area contributed by atoms with E-state index in [0.29, 0.717) is 29.2 Å². The average Bonchev–Trinajstić information content (AvgIpc) is 2.71. The number of nitrogens with two attached hydrogens (primary N) is 1. The van der Waals surface area contributed by atoms with Gasteiger partial charge in [0, 0.05) is 11.0 Å². The summed E-state index contributed by atoms with van der Waals surface area (Å²) in [4.78, 5) is 12.2. The highest BCUT2D eigenvalue weighted by Crippen LogP contribution is 2.33. The number of halogens is 1. The van der Waals surface area contributed by atoms with Crippen LogP contribution >= 0.6 is 15.9 Å². The van der Waals surface area contributed by atoms with Crippen molar-refractivity contribution in [2.45, 2.75) is 111 Å². The van der Waals surface area contributed by atoms with Crippen molar-refractivity contribution in [2.24, 2.45) is 5.41 Å². The molecule has 2 N–H and O–H groups in total. The van der Waals surface area contributed by atoms with Crippen molar-refractivity contribution in [3.63, 3.8) is 0 Å². The molecule has 1 unspecified atom stereocenters. The standard InChI is InChI=1S/C27H46BrNO2/c1-5-31-26(30)24-19-14-18-23(25(24)29)22(17-15-21-28)16-12-10-8-6-7-9-11-13-20-27(2,3)4/h14,18-19,22H,5-13,15-17,20-21,29H2,1-4H3. The predicted octanol–water partition coefficient (Wildman–Crippen LogP) is 8.65. The monoisotopic (exact) mass is 495 g/mol. The summed E-state index contributed by atoms with van der Waals surface area (Å²) in [5.41, 5.74) is 9.12. The lowest BCUT2D eigenvalue weighted by molar-refractivity contribution is 0.0527. The third-order valence-electron chi connectivity index (χ3n) is 5.99. The van der Waals surface area contributed by atoms with E-state index in [9.17, 15) is 4.79 Å². The maximum Gasteiger partial charge on any atom is 0.340 e. The Kier molecular flexibility index (Phi) is 14.2. The van der Waals surface area contributed by atoms with Crippen molar-refractivity contribution in [1.82, 2.24) is 0 Å². The smallest absolute Gasteiger partial charge is 0.340 e. The molecule has 31 heavy (non-hydrogen) atoms. The third kappa shape index (κ3) is 12.0. The van der Waals surface area contributed by atoms with Gasteiger partial charge < -0.3 is 10.5 Å². The summed E-state index contributed by atoms with van der Waals surface area (Å²) in [6.45, 7) is 9.19. The minimum Gasteiger partial charge on any atom is -0.462 e. The maximum atomic E-state index is 12.2. The Bertz CT molecular complexity index is 624. The summed E-state index contributed by atoms with van der Waals surface area (Å²) < 4.78 is 5.18. The van der Waals surface area contributed by atoms with E-state index in [4.69, 9.17) is 10.5 Å². The zero-order chi connectivity index (χ0) is 23.1. The summed E-state index contributed by atoms with van der Waals surface area (Å²) in [5.74, 6) is 0.0907. The number of benzene rings is 1. The van der Waals surface area contributed by atoms with Crippen molar-refractivity contribution in [3.8, 4) is 0 Å². The normalized spacial score (nSPS) is 12.7. The topological polar surface area (TPSA) is 52.3 Å². The van der Waals surface area contributed by atoms with Crippen molar-refractivity contribution >= 4 is 27.6 Å². The van der Waals surface area contributed by atoms with Crippen LogP contribution in [0.2, 0.25) is 0 Å². The van der Waals surface area contributed by atoms with Crippen LogP contribution in [0.25, 0.3) is 0 Å². The van der Waals surface area contributed by atoms with Gasteiger partial charge in [-0.3, -0.25) is 0 Å². The summed E-state index contributed by atoms with van der Waals surface area (Å²) in [7, 11) is 0. The number of hydrogen-bond acceptors (Lipinski definition) is 3. The molecule has 0 bridgehead atoms. The number of unbranched alkanes of at least 4 members (excludes halogenated alkanes) is 7. The molecule has 1 aromatic rings. The lowest BCUT2D eigenvalue weighted by Gasteiger charge is -2.20. The molecule has 0 aliphatic carbocycles. The number of rotatable bonds is 16. The van der Waals surface area contributed by atoms with Gasteiger partial charge in [-0.25, -0.2) is 4.79 Å². The molecule has 0 fully saturated rings. The number of carbonyl (C=O) groups is 1. The van der Waals surface area contributed by atoms with Gasteiger partial charge in [0.15, 0.2) is 0 Å². The Labute approximate surface area is 200 Å². The van der Waals surface area contributed by atoms with Gasteiger partial charge in [-0.15, -0.1) is 0 Å². The third-order valence-corrected chi connectivity index (χ3v) is 6.55. The molecular formula is C27H46BrNO2. The highest BCUT2D eigenvalue weighted by molar-refractivity contribution is 9.09. The molecule has 1 rings (SSSR count). The van der Waals surface area contributed by atoms with E-state index in [0.717, 1.165) is 30.2 Å². The SMILES string of the molecule is CCOC(=O)c1cccc(C(CCCBr)CCCCCCCCCCC(C)(C)C)c1N. The first-order valence-corrected chi connectivity index (χ1v) is 13.5. The zero-order valence-electron chi connectivity index (χ0n) is 20.5. The Hall–Kier alpha value is -1.03. The van der Waals surface area contributed by atoms with Crippen LogP contribution in [-0.2, 0) is 4.74 Å². The highest BCUT2D eigenvalue weighted by Gasteiger charge is 2.19. The van der Waals surface area contributed by atoms with Crippen LogP contribution in [0.4, 0.5) is 5.69 Å². The second-order valence-electron chi connectivity index (χ2n) is 9.98. The lowest BCUT2D eigenvalue weighted by atomic mass is 9.87. The van der Waals surface area contributed by atoms with Crippen molar-refractivity contribution < 1.29 is 9.53 Å². The summed E-state index contributed by atoms with van der Waals surface area (Å²) in [6, 6.07) is 5.81. The number of ether oxygens (including phenoxy) is 1. The van der Waals surface area contributed by atoms with Crippen LogP contribution in [0.3, 0.4) is 0 Å². The molecule has 0 amide bonds. The van der Waals surface area contributed by atoms with E-state index < -0.39 is 0 Å². The molecule has 0 heterocycles. The van der Waals surface area contributed by atoms with Gasteiger partial charge in [0.05, 0.1) is 12.2 Å². The Morgan fingerprint density at radius 1 is 0.968 bits per heavy atom. The molecule has 0 saturated carbocycles. The Morgan fingerprint density at radius 3 is 2.13 bits per heavy atom. The van der Waals surface area contributed by atoms with E-state index >= 15 is 0 Å². The number of para-hydroxylation sites is 1. The zero-order valence-corrected chi connectivity index (χ0v) is 22.1. The Balaban J connectivity index is 2.43. The van der Waals surface area contributed by atoms with Gasteiger partial charge in [-0.1, -0.05) is 100 Å². The van der Waals surface area contributed by atoms with Gasteiger partial charge in [0.25, 0.3) is 0 Å². The number of esters is 1. The van der Waals surface area contributed by atoms with Crippen molar-refractivity contribution in [1.29, 1.82) is 0 Å². The molecule has 4 heteroatoms. The second-order valence-corrected chi connectivity index (χ2v) is 10.8. The molecular weight excluding hydrogens is 450 g/mol. The van der Waals surface area contributed by atoms with Gasteiger partial charge in [0.2, 0.25) is 0 Å². The molecule has 0 aliphatic heterocycles. The van der Waals surface area contributed by atoms with Crippen LogP contribution in [0, 0.1) is 5.41 Å². The van der Waals surface area contributed by atoms with E-state index in [1.54, 1.807) is 6.07 Å². The molecule has 1 atom stereocenters. The average molecular weight is 497 g/mol. The molecule has 3 nitrogen and oxygen atoms in total. The fourth-order valence-corrected chi connectivity index (χ4v) is 4.54. The number of hydrogen-bond donors (Lipinski definition) is 1. The Morgan fingerprint density at radius 2 is 1.55 bits per heavy atom. The first kappa shape index (κ1) is 28.0. The summed E-state index contributed by atoms with van der Waals surface area (Å²) in [6.07, 6.45) is 15.3. The van der Waals surface area contributed by atoms with Gasteiger partial charge >= 0.3 is 5.97 Å². The quantitative estimate of drug-likeness (QED) is 0.108. The highest BCUT2D eigenvalue weighted by atomic mass is 79.9. The van der Waals surface area contributed by atoms with Crippen LogP contribution in [-0.4, -0.2) is 17.9 Å².